The van der Waals surface area contributed by atoms with Crippen molar-refractivity contribution in [2.45, 2.75) is 32.9 Å². The Bertz CT molecular complexity index is 390. The Balaban J connectivity index is 3.45. The van der Waals surface area contributed by atoms with Crippen LogP contribution in [0.1, 0.15) is 26.3 Å². The summed E-state index contributed by atoms with van der Waals surface area (Å²) in [6.45, 7) is 6.23. The first-order valence-electron chi connectivity index (χ1n) is 4.48. The van der Waals surface area contributed by atoms with E-state index in [1.54, 1.807) is 16.8 Å². The number of hydrogen-bond donors (Lipinski definition) is 1. The van der Waals surface area contributed by atoms with Gasteiger partial charge in [-0.25, -0.2) is 0 Å². The predicted molar refractivity (Wildman–Crippen MR) is 61.3 cm³/mol. The van der Waals surface area contributed by atoms with Crippen molar-refractivity contribution in [3.8, 4) is 0 Å². The minimum Gasteiger partial charge on any atom is -0.326 e. The maximum Gasteiger partial charge on any atom is 0.255 e. The van der Waals surface area contributed by atoms with E-state index in [1.165, 1.54) is 0 Å². The third-order valence-corrected chi connectivity index (χ3v) is 2.43. The van der Waals surface area contributed by atoms with Crippen LogP contribution in [0.15, 0.2) is 21.5 Å². The lowest BCUT2D eigenvalue weighted by Crippen LogP contribution is -2.35. The SMILES string of the molecule is CC(C)(C)n1cc(Br)cc(CN)c1=O. The van der Waals surface area contributed by atoms with Crippen LogP contribution >= 0.6 is 15.9 Å². The molecule has 0 spiro atoms. The largest absolute Gasteiger partial charge is 0.326 e. The number of hydrogen-bond acceptors (Lipinski definition) is 2. The van der Waals surface area contributed by atoms with E-state index in [0.717, 1.165) is 4.47 Å². The van der Waals surface area contributed by atoms with Crippen LogP contribution < -0.4 is 11.3 Å². The van der Waals surface area contributed by atoms with Gasteiger partial charge in [-0.2, -0.15) is 0 Å². The lowest BCUT2D eigenvalue weighted by atomic mass is 10.1. The molecule has 0 saturated heterocycles. The first kappa shape index (κ1) is 11.5. The smallest absolute Gasteiger partial charge is 0.255 e. The Morgan fingerprint density at radius 3 is 2.50 bits per heavy atom. The Morgan fingerprint density at radius 1 is 1.50 bits per heavy atom. The maximum atomic E-state index is 11.9. The van der Waals surface area contributed by atoms with Crippen LogP contribution in [0.4, 0.5) is 0 Å². The molecule has 0 bridgehead atoms. The van der Waals surface area contributed by atoms with E-state index in [4.69, 9.17) is 5.73 Å². The van der Waals surface area contributed by atoms with Gasteiger partial charge in [-0.1, -0.05) is 0 Å². The third-order valence-electron chi connectivity index (χ3n) is 2.00. The summed E-state index contributed by atoms with van der Waals surface area (Å²) in [5.74, 6) is 0. The molecule has 1 aromatic rings. The Kier molecular flexibility index (Phi) is 3.17. The van der Waals surface area contributed by atoms with Gasteiger partial charge in [0.15, 0.2) is 0 Å². The summed E-state index contributed by atoms with van der Waals surface area (Å²) in [4.78, 5) is 11.9. The van der Waals surface area contributed by atoms with E-state index in [2.05, 4.69) is 15.9 Å². The maximum absolute atomic E-state index is 11.9. The summed E-state index contributed by atoms with van der Waals surface area (Å²) < 4.78 is 2.58. The highest BCUT2D eigenvalue weighted by Crippen LogP contribution is 2.15. The first-order valence-corrected chi connectivity index (χ1v) is 5.27. The number of nitrogens with two attached hydrogens (primary N) is 1. The van der Waals surface area contributed by atoms with Gasteiger partial charge in [-0.3, -0.25) is 4.79 Å². The second-order valence-corrected chi connectivity index (χ2v) is 5.15. The fourth-order valence-electron chi connectivity index (χ4n) is 1.25. The second-order valence-electron chi connectivity index (χ2n) is 4.23. The van der Waals surface area contributed by atoms with Gasteiger partial charge in [0, 0.05) is 28.3 Å². The number of halogens is 1. The molecular weight excluding hydrogens is 244 g/mol. The van der Waals surface area contributed by atoms with Crippen LogP contribution in [0.3, 0.4) is 0 Å². The van der Waals surface area contributed by atoms with Crippen molar-refractivity contribution >= 4 is 15.9 Å². The lowest BCUT2D eigenvalue weighted by molar-refractivity contribution is 0.381. The molecule has 0 radical (unpaired) electrons. The van der Waals surface area contributed by atoms with Crippen molar-refractivity contribution < 1.29 is 0 Å². The molecule has 0 saturated carbocycles. The monoisotopic (exact) mass is 258 g/mol. The van der Waals surface area contributed by atoms with Crippen molar-refractivity contribution in [3.05, 3.63) is 32.7 Å². The van der Waals surface area contributed by atoms with Gasteiger partial charge >= 0.3 is 0 Å². The molecule has 1 aromatic heterocycles. The third kappa shape index (κ3) is 2.25. The Labute approximate surface area is 92.1 Å². The molecule has 0 amide bonds. The van der Waals surface area contributed by atoms with Crippen molar-refractivity contribution in [1.29, 1.82) is 0 Å². The Morgan fingerprint density at radius 2 is 2.07 bits per heavy atom. The van der Waals surface area contributed by atoms with E-state index >= 15 is 0 Å². The molecule has 2 N–H and O–H groups in total. The van der Waals surface area contributed by atoms with Crippen LogP contribution in [0.5, 0.6) is 0 Å². The molecule has 0 aliphatic heterocycles. The van der Waals surface area contributed by atoms with Crippen molar-refractivity contribution in [3.63, 3.8) is 0 Å². The Hall–Kier alpha value is -0.610. The summed E-state index contributed by atoms with van der Waals surface area (Å²) in [6, 6.07) is 1.77. The number of aromatic nitrogens is 1. The topological polar surface area (TPSA) is 48.0 Å². The second kappa shape index (κ2) is 3.87. The zero-order valence-corrected chi connectivity index (χ0v) is 10.3. The fraction of sp³-hybridized carbons (Fsp3) is 0.500. The molecule has 3 nitrogen and oxygen atoms in total. The van der Waals surface area contributed by atoms with Gasteiger partial charge in [0.1, 0.15) is 0 Å². The molecule has 0 aliphatic rings. The minimum absolute atomic E-state index is 0.0109. The van der Waals surface area contributed by atoms with Crippen molar-refractivity contribution in [2.24, 2.45) is 5.73 Å². The fourth-order valence-corrected chi connectivity index (χ4v) is 1.73. The molecule has 0 aromatic carbocycles. The summed E-state index contributed by atoms with van der Waals surface area (Å²) in [7, 11) is 0. The lowest BCUT2D eigenvalue weighted by Gasteiger charge is -2.23. The average molecular weight is 259 g/mol. The van der Waals surface area contributed by atoms with E-state index in [0.29, 0.717) is 5.56 Å². The van der Waals surface area contributed by atoms with E-state index in [1.807, 2.05) is 20.8 Å². The van der Waals surface area contributed by atoms with Gasteiger partial charge in [0.25, 0.3) is 5.56 Å². The summed E-state index contributed by atoms with van der Waals surface area (Å²) >= 11 is 3.37. The van der Waals surface area contributed by atoms with Crippen LogP contribution in [0, 0.1) is 0 Å². The zero-order chi connectivity index (χ0) is 10.9. The summed E-state index contributed by atoms with van der Waals surface area (Å²) in [5.41, 5.74) is 5.90. The van der Waals surface area contributed by atoms with Crippen LogP contribution in [0.2, 0.25) is 0 Å². The summed E-state index contributed by atoms with van der Waals surface area (Å²) in [5, 5.41) is 0. The van der Waals surface area contributed by atoms with Gasteiger partial charge in [0.2, 0.25) is 0 Å². The summed E-state index contributed by atoms with van der Waals surface area (Å²) in [6.07, 6.45) is 1.79. The van der Waals surface area contributed by atoms with Crippen LogP contribution in [-0.4, -0.2) is 4.57 Å². The molecule has 0 atom stereocenters. The molecule has 14 heavy (non-hydrogen) atoms. The standard InChI is InChI=1S/C10H15BrN2O/c1-10(2,3)13-6-8(11)4-7(5-12)9(13)14/h4,6H,5,12H2,1-3H3. The minimum atomic E-state index is -0.217. The molecule has 0 fully saturated rings. The molecule has 0 unspecified atom stereocenters. The highest BCUT2D eigenvalue weighted by molar-refractivity contribution is 9.10. The normalized spacial score (nSPS) is 11.8. The van der Waals surface area contributed by atoms with Crippen molar-refractivity contribution in [1.82, 2.24) is 4.57 Å². The highest BCUT2D eigenvalue weighted by atomic mass is 79.9. The van der Waals surface area contributed by atoms with Gasteiger partial charge < -0.3 is 10.3 Å². The quantitative estimate of drug-likeness (QED) is 0.836. The predicted octanol–water partition coefficient (Wildman–Crippen LogP) is 1.82. The average Bonchev–Trinajstić information content (AvgIpc) is 2.06. The number of nitrogens with zero attached hydrogens (tertiary/aromatic N) is 1. The van der Waals surface area contributed by atoms with Crippen LogP contribution in [0.25, 0.3) is 0 Å². The van der Waals surface area contributed by atoms with E-state index in [9.17, 15) is 4.79 Å². The molecule has 0 aliphatic carbocycles. The molecule has 1 rings (SSSR count). The van der Waals surface area contributed by atoms with E-state index < -0.39 is 0 Å². The zero-order valence-electron chi connectivity index (χ0n) is 8.67. The highest BCUT2D eigenvalue weighted by Gasteiger charge is 2.16. The van der Waals surface area contributed by atoms with Gasteiger partial charge in [-0.05, 0) is 42.8 Å². The van der Waals surface area contributed by atoms with Gasteiger partial charge in [-0.15, -0.1) is 0 Å². The molecule has 4 heteroatoms. The molecule has 1 heterocycles. The molecular formula is C10H15BrN2O. The number of rotatable bonds is 1. The number of pyridine rings is 1. The first-order chi connectivity index (χ1) is 6.36. The van der Waals surface area contributed by atoms with Crippen molar-refractivity contribution in [2.75, 3.05) is 0 Å². The van der Waals surface area contributed by atoms with Gasteiger partial charge in [0.05, 0.1) is 0 Å². The molecule has 78 valence electrons. The van der Waals surface area contributed by atoms with E-state index in [-0.39, 0.29) is 17.6 Å². The van der Waals surface area contributed by atoms with Crippen LogP contribution in [-0.2, 0) is 12.1 Å².